The van der Waals surface area contributed by atoms with Crippen molar-refractivity contribution in [2.75, 3.05) is 19.4 Å². The van der Waals surface area contributed by atoms with Crippen LogP contribution in [0.3, 0.4) is 0 Å². The molecule has 4 nitrogen and oxygen atoms in total. The predicted octanol–water partition coefficient (Wildman–Crippen LogP) is 3.14. The molecule has 22 heavy (non-hydrogen) atoms. The second kappa shape index (κ2) is 6.47. The zero-order chi connectivity index (χ0) is 17.1. The average Bonchev–Trinajstić information content (AvgIpc) is 2.40. The number of nitrogens with zero attached hydrogens (tertiary/aromatic N) is 2. The maximum absolute atomic E-state index is 13.6. The van der Waals surface area contributed by atoms with Crippen LogP contribution >= 0.6 is 0 Å². The molecule has 0 bridgehead atoms. The van der Waals surface area contributed by atoms with E-state index in [-0.39, 0.29) is 11.6 Å². The van der Waals surface area contributed by atoms with E-state index in [1.54, 1.807) is 20.2 Å². The number of halogens is 4. The summed E-state index contributed by atoms with van der Waals surface area (Å²) in [6.45, 7) is 1.52. The summed E-state index contributed by atoms with van der Waals surface area (Å²) in [7, 11) is 3.22. The minimum Gasteiger partial charge on any atom is -0.380 e. The molecule has 1 amide bonds. The number of hydrogen-bond acceptors (Lipinski definition) is 3. The number of hydrogen-bond donors (Lipinski definition) is 1. The van der Waals surface area contributed by atoms with Gasteiger partial charge in [0.15, 0.2) is 0 Å². The first-order chi connectivity index (χ1) is 10.1. The van der Waals surface area contributed by atoms with E-state index in [2.05, 4.69) is 5.32 Å². The van der Waals surface area contributed by atoms with Crippen molar-refractivity contribution in [1.29, 1.82) is 5.26 Å². The fraction of sp³-hybridized carbons (Fsp3) is 0.286. The minimum absolute atomic E-state index is 0.260. The zero-order valence-electron chi connectivity index (χ0n) is 12.0. The molecule has 0 unspecified atom stereocenters. The normalized spacial score (nSPS) is 12.3. The minimum atomic E-state index is -4.68. The van der Waals surface area contributed by atoms with Crippen LogP contribution in [0.2, 0.25) is 0 Å². The standard InChI is InChI=1S/C14H13F4N3O/c1-8(21(2)3)10(7-19)13(22)20-12-5-4-9(6-11(12)15)14(16,17)18/h4-6H,1-3H3,(H,20,22). The lowest BCUT2D eigenvalue weighted by molar-refractivity contribution is -0.137. The van der Waals surface area contributed by atoms with E-state index in [1.165, 1.54) is 11.8 Å². The highest BCUT2D eigenvalue weighted by Gasteiger charge is 2.31. The van der Waals surface area contributed by atoms with Gasteiger partial charge in [-0.2, -0.15) is 18.4 Å². The van der Waals surface area contributed by atoms with E-state index >= 15 is 0 Å². The zero-order valence-corrected chi connectivity index (χ0v) is 12.0. The summed E-state index contributed by atoms with van der Waals surface area (Å²) < 4.78 is 50.9. The van der Waals surface area contributed by atoms with Gasteiger partial charge in [-0.3, -0.25) is 4.79 Å². The van der Waals surface area contributed by atoms with Crippen molar-refractivity contribution in [2.24, 2.45) is 0 Å². The van der Waals surface area contributed by atoms with Crippen LogP contribution in [0.25, 0.3) is 0 Å². The Morgan fingerprint density at radius 1 is 1.32 bits per heavy atom. The van der Waals surface area contributed by atoms with Gasteiger partial charge >= 0.3 is 6.18 Å². The van der Waals surface area contributed by atoms with Crippen LogP contribution in [-0.2, 0) is 11.0 Å². The Balaban J connectivity index is 3.09. The van der Waals surface area contributed by atoms with Crippen LogP contribution in [0.15, 0.2) is 29.5 Å². The topological polar surface area (TPSA) is 56.1 Å². The van der Waals surface area contributed by atoms with Gasteiger partial charge in [-0.05, 0) is 25.1 Å². The molecule has 1 rings (SSSR count). The lowest BCUT2D eigenvalue weighted by Gasteiger charge is -2.15. The van der Waals surface area contributed by atoms with Gasteiger partial charge < -0.3 is 10.2 Å². The number of benzene rings is 1. The first kappa shape index (κ1) is 17.5. The van der Waals surface area contributed by atoms with Gasteiger partial charge in [0, 0.05) is 19.8 Å². The number of carbonyl (C=O) groups is 1. The molecule has 118 valence electrons. The molecule has 0 saturated heterocycles. The number of nitrogens with one attached hydrogen (secondary N) is 1. The number of amides is 1. The summed E-state index contributed by atoms with van der Waals surface area (Å²) in [5.41, 5.74) is -1.52. The van der Waals surface area contributed by atoms with Crippen molar-refractivity contribution in [3.63, 3.8) is 0 Å². The van der Waals surface area contributed by atoms with Crippen molar-refractivity contribution in [1.82, 2.24) is 4.90 Å². The molecule has 0 saturated carbocycles. The van der Waals surface area contributed by atoms with Crippen LogP contribution in [0.4, 0.5) is 23.2 Å². The van der Waals surface area contributed by atoms with Gasteiger partial charge in [0.05, 0.1) is 11.3 Å². The highest BCUT2D eigenvalue weighted by Crippen LogP contribution is 2.31. The Labute approximate surface area is 124 Å². The monoisotopic (exact) mass is 315 g/mol. The highest BCUT2D eigenvalue weighted by atomic mass is 19.4. The number of alkyl halides is 3. The quantitative estimate of drug-likeness (QED) is 0.529. The largest absolute Gasteiger partial charge is 0.416 e. The Morgan fingerprint density at radius 3 is 2.32 bits per heavy atom. The van der Waals surface area contributed by atoms with Crippen LogP contribution in [-0.4, -0.2) is 24.9 Å². The smallest absolute Gasteiger partial charge is 0.380 e. The molecule has 1 aromatic carbocycles. The molecular weight excluding hydrogens is 302 g/mol. The second-order valence-corrected chi connectivity index (χ2v) is 4.61. The van der Waals surface area contributed by atoms with E-state index in [9.17, 15) is 22.4 Å². The van der Waals surface area contributed by atoms with E-state index in [0.29, 0.717) is 11.8 Å². The summed E-state index contributed by atoms with van der Waals surface area (Å²) >= 11 is 0. The lowest BCUT2D eigenvalue weighted by Crippen LogP contribution is -2.20. The molecule has 0 aromatic heterocycles. The molecular formula is C14H13F4N3O. The van der Waals surface area contributed by atoms with Crippen LogP contribution in [0.1, 0.15) is 12.5 Å². The average molecular weight is 315 g/mol. The summed E-state index contributed by atoms with van der Waals surface area (Å²) in [4.78, 5) is 13.4. The summed E-state index contributed by atoms with van der Waals surface area (Å²) in [5.74, 6) is -2.13. The number of rotatable bonds is 3. The van der Waals surface area contributed by atoms with Gasteiger partial charge in [0.2, 0.25) is 0 Å². The van der Waals surface area contributed by atoms with E-state index < -0.39 is 29.2 Å². The molecule has 0 radical (unpaired) electrons. The maximum atomic E-state index is 13.6. The Morgan fingerprint density at radius 2 is 1.91 bits per heavy atom. The molecule has 0 spiro atoms. The van der Waals surface area contributed by atoms with Gasteiger partial charge in [-0.1, -0.05) is 0 Å². The van der Waals surface area contributed by atoms with Crippen LogP contribution < -0.4 is 5.32 Å². The SMILES string of the molecule is CC(=C(C#N)C(=O)Nc1ccc(C(F)(F)F)cc1F)N(C)C. The highest BCUT2D eigenvalue weighted by molar-refractivity contribution is 6.07. The molecule has 0 aliphatic rings. The number of allylic oxidation sites excluding steroid dienone is 1. The fourth-order valence-electron chi connectivity index (χ4n) is 1.50. The Kier molecular flexibility index (Phi) is 5.14. The molecule has 0 heterocycles. The molecule has 0 aliphatic carbocycles. The summed E-state index contributed by atoms with van der Waals surface area (Å²) in [5, 5.41) is 11.1. The van der Waals surface area contributed by atoms with Gasteiger partial charge in [-0.15, -0.1) is 0 Å². The van der Waals surface area contributed by atoms with Crippen molar-refractivity contribution < 1.29 is 22.4 Å². The van der Waals surface area contributed by atoms with E-state index in [0.717, 1.165) is 6.07 Å². The number of anilines is 1. The lowest BCUT2D eigenvalue weighted by atomic mass is 10.1. The Bertz CT molecular complexity index is 657. The predicted molar refractivity (Wildman–Crippen MR) is 72.0 cm³/mol. The maximum Gasteiger partial charge on any atom is 0.416 e. The number of nitriles is 1. The van der Waals surface area contributed by atoms with Crippen molar-refractivity contribution >= 4 is 11.6 Å². The van der Waals surface area contributed by atoms with E-state index in [1.807, 2.05) is 0 Å². The summed E-state index contributed by atoms with van der Waals surface area (Å²) in [6.07, 6.45) is -4.68. The van der Waals surface area contributed by atoms with Crippen molar-refractivity contribution in [3.05, 3.63) is 40.8 Å². The molecule has 0 fully saturated rings. The molecule has 0 aliphatic heterocycles. The second-order valence-electron chi connectivity index (χ2n) is 4.61. The van der Waals surface area contributed by atoms with E-state index in [4.69, 9.17) is 5.26 Å². The fourth-order valence-corrected chi connectivity index (χ4v) is 1.50. The molecule has 1 N–H and O–H groups in total. The molecule has 8 heteroatoms. The van der Waals surface area contributed by atoms with Gasteiger partial charge in [-0.25, -0.2) is 4.39 Å². The third kappa shape index (κ3) is 3.97. The van der Waals surface area contributed by atoms with Crippen LogP contribution in [0.5, 0.6) is 0 Å². The Hall–Kier alpha value is -2.56. The first-order valence-electron chi connectivity index (χ1n) is 6.04. The van der Waals surface area contributed by atoms with Crippen molar-refractivity contribution in [3.8, 4) is 6.07 Å². The molecule has 0 atom stereocenters. The third-order valence-electron chi connectivity index (χ3n) is 2.92. The third-order valence-corrected chi connectivity index (χ3v) is 2.92. The van der Waals surface area contributed by atoms with Gasteiger partial charge in [0.25, 0.3) is 5.91 Å². The van der Waals surface area contributed by atoms with Gasteiger partial charge in [0.1, 0.15) is 17.5 Å². The first-order valence-corrected chi connectivity index (χ1v) is 6.04. The number of carbonyl (C=O) groups excluding carboxylic acids is 1. The van der Waals surface area contributed by atoms with Crippen molar-refractivity contribution in [2.45, 2.75) is 13.1 Å². The molecule has 1 aromatic rings. The summed E-state index contributed by atoms with van der Waals surface area (Å²) in [6, 6.07) is 3.41. The van der Waals surface area contributed by atoms with Crippen LogP contribution in [0, 0.1) is 17.1 Å².